The summed E-state index contributed by atoms with van der Waals surface area (Å²) in [4.78, 5) is 45.5. The zero-order valence-electron chi connectivity index (χ0n) is 20.2. The van der Waals surface area contributed by atoms with Crippen LogP contribution in [0.4, 0.5) is 5.69 Å². The Bertz CT molecular complexity index is 1330. The van der Waals surface area contributed by atoms with E-state index in [-0.39, 0.29) is 30.3 Å². The standard InChI is InChI=1S/C29H29N3O3/c1-18-11-12-24-22(16-18)23-17-30(2)15-13-25(23)32(24)26(33)10-5-14-31-28(34)20-8-3-6-19-7-4-9-21(27(19)20)29(31)35/h3-4,6-9,11-12,16,23,25H,5,10,13-15,17H2,1-2H3/t23-,25-/m1/s1. The zero-order chi connectivity index (χ0) is 24.3. The average Bonchev–Trinajstić information content (AvgIpc) is 3.17. The number of imide groups is 1. The zero-order valence-corrected chi connectivity index (χ0v) is 20.2. The summed E-state index contributed by atoms with van der Waals surface area (Å²) in [5, 5.41) is 1.63. The minimum absolute atomic E-state index is 0.0755. The molecule has 35 heavy (non-hydrogen) atoms. The van der Waals surface area contributed by atoms with Crippen LogP contribution in [-0.2, 0) is 4.79 Å². The minimum atomic E-state index is -0.274. The minimum Gasteiger partial charge on any atom is -0.308 e. The van der Waals surface area contributed by atoms with Crippen molar-refractivity contribution in [1.82, 2.24) is 9.80 Å². The van der Waals surface area contributed by atoms with Gasteiger partial charge in [-0.05, 0) is 62.5 Å². The number of hydrogen-bond acceptors (Lipinski definition) is 4. The van der Waals surface area contributed by atoms with Crippen molar-refractivity contribution in [3.05, 3.63) is 76.9 Å². The van der Waals surface area contributed by atoms with Crippen LogP contribution in [0.2, 0.25) is 0 Å². The lowest BCUT2D eigenvalue weighted by Crippen LogP contribution is -2.47. The third-order valence-electron chi connectivity index (χ3n) is 7.85. The Morgan fingerprint density at radius 2 is 1.71 bits per heavy atom. The highest BCUT2D eigenvalue weighted by molar-refractivity contribution is 6.25. The van der Waals surface area contributed by atoms with E-state index in [2.05, 4.69) is 37.1 Å². The molecule has 0 spiro atoms. The third-order valence-corrected chi connectivity index (χ3v) is 7.85. The Hall–Kier alpha value is -3.51. The van der Waals surface area contributed by atoms with Gasteiger partial charge in [0.05, 0.1) is 0 Å². The smallest absolute Gasteiger partial charge is 0.261 e. The van der Waals surface area contributed by atoms with E-state index in [0.717, 1.165) is 36.0 Å². The molecule has 3 aliphatic rings. The summed E-state index contributed by atoms with van der Waals surface area (Å²) in [6, 6.07) is 17.7. The predicted molar refractivity (Wildman–Crippen MR) is 136 cm³/mol. The van der Waals surface area contributed by atoms with Crippen LogP contribution < -0.4 is 4.90 Å². The van der Waals surface area contributed by atoms with Crippen LogP contribution in [0.1, 0.15) is 57.0 Å². The summed E-state index contributed by atoms with van der Waals surface area (Å²) in [5.41, 5.74) is 4.61. The van der Waals surface area contributed by atoms with Crippen molar-refractivity contribution >= 4 is 34.2 Å². The van der Waals surface area contributed by atoms with E-state index in [1.54, 1.807) is 12.1 Å². The van der Waals surface area contributed by atoms with Crippen LogP contribution >= 0.6 is 0 Å². The molecule has 3 aromatic rings. The number of fused-ring (bicyclic) bond motifs is 3. The number of benzene rings is 3. The average molecular weight is 468 g/mol. The number of nitrogens with zero attached hydrogens (tertiary/aromatic N) is 3. The van der Waals surface area contributed by atoms with Gasteiger partial charge in [0, 0.05) is 53.7 Å². The second-order valence-electron chi connectivity index (χ2n) is 10.1. The number of carbonyl (C=O) groups excluding carboxylic acids is 3. The summed E-state index contributed by atoms with van der Waals surface area (Å²) in [6.45, 7) is 4.25. The Morgan fingerprint density at radius 1 is 1.00 bits per heavy atom. The monoisotopic (exact) mass is 467 g/mol. The summed E-state index contributed by atoms with van der Waals surface area (Å²) >= 11 is 0. The lowest BCUT2D eigenvalue weighted by molar-refractivity contribution is -0.119. The first-order valence-electron chi connectivity index (χ1n) is 12.4. The summed E-state index contributed by atoms with van der Waals surface area (Å²) in [7, 11) is 2.14. The van der Waals surface area contributed by atoms with E-state index in [4.69, 9.17) is 0 Å². The van der Waals surface area contributed by atoms with Gasteiger partial charge in [0.1, 0.15) is 0 Å². The number of aryl methyl sites for hydroxylation is 1. The van der Waals surface area contributed by atoms with Gasteiger partial charge in [0.25, 0.3) is 11.8 Å². The molecule has 0 aromatic heterocycles. The van der Waals surface area contributed by atoms with Crippen LogP contribution in [0.15, 0.2) is 54.6 Å². The molecule has 0 saturated carbocycles. The Kier molecular flexibility index (Phi) is 5.22. The van der Waals surface area contributed by atoms with Gasteiger partial charge in [-0.15, -0.1) is 0 Å². The largest absolute Gasteiger partial charge is 0.308 e. The molecule has 0 unspecified atom stereocenters. The quantitative estimate of drug-likeness (QED) is 0.535. The number of carbonyl (C=O) groups is 3. The van der Waals surface area contributed by atoms with Crippen LogP contribution in [0.5, 0.6) is 0 Å². The van der Waals surface area contributed by atoms with Crippen molar-refractivity contribution in [1.29, 1.82) is 0 Å². The van der Waals surface area contributed by atoms with Gasteiger partial charge in [-0.25, -0.2) is 0 Å². The fourth-order valence-electron chi connectivity index (χ4n) is 6.20. The van der Waals surface area contributed by atoms with Gasteiger partial charge >= 0.3 is 0 Å². The molecule has 2 atom stereocenters. The fourth-order valence-corrected chi connectivity index (χ4v) is 6.20. The lowest BCUT2D eigenvalue weighted by Gasteiger charge is -2.36. The highest BCUT2D eigenvalue weighted by atomic mass is 16.2. The Morgan fingerprint density at radius 3 is 2.43 bits per heavy atom. The first-order chi connectivity index (χ1) is 16.9. The maximum absolute atomic E-state index is 13.5. The van der Waals surface area contributed by atoms with E-state index < -0.39 is 0 Å². The molecule has 0 aliphatic carbocycles. The van der Waals surface area contributed by atoms with Gasteiger partial charge in [-0.1, -0.05) is 42.0 Å². The number of likely N-dealkylation sites (N-methyl/N-ethyl adjacent to an activating group) is 1. The molecule has 3 amide bonds. The first-order valence-corrected chi connectivity index (χ1v) is 12.4. The molecular formula is C29H29N3O3. The van der Waals surface area contributed by atoms with E-state index in [1.165, 1.54) is 16.0 Å². The van der Waals surface area contributed by atoms with Crippen molar-refractivity contribution < 1.29 is 14.4 Å². The SMILES string of the molecule is Cc1ccc2c(c1)[C@H]1CN(C)CC[C@H]1N2C(=O)CCCN1C(=O)c2cccc3cccc(c23)C1=O. The van der Waals surface area contributed by atoms with Crippen molar-refractivity contribution in [3.63, 3.8) is 0 Å². The number of likely N-dealkylation sites (tertiary alicyclic amines) is 1. The molecule has 3 heterocycles. The van der Waals surface area contributed by atoms with E-state index >= 15 is 0 Å². The molecule has 1 saturated heterocycles. The molecule has 6 heteroatoms. The molecule has 0 radical (unpaired) electrons. The normalized spacial score (nSPS) is 21.4. The first kappa shape index (κ1) is 22.0. The van der Waals surface area contributed by atoms with Gasteiger partial charge in [-0.3, -0.25) is 19.3 Å². The van der Waals surface area contributed by atoms with Crippen molar-refractivity contribution in [2.75, 3.05) is 31.6 Å². The molecule has 178 valence electrons. The highest BCUT2D eigenvalue weighted by Gasteiger charge is 2.43. The highest BCUT2D eigenvalue weighted by Crippen LogP contribution is 2.45. The summed E-state index contributed by atoms with van der Waals surface area (Å²) in [5.74, 6) is -0.144. The van der Waals surface area contributed by atoms with E-state index in [9.17, 15) is 14.4 Å². The lowest BCUT2D eigenvalue weighted by atomic mass is 9.89. The van der Waals surface area contributed by atoms with Gasteiger partial charge in [0.15, 0.2) is 0 Å². The maximum atomic E-state index is 13.5. The molecular weight excluding hydrogens is 438 g/mol. The second kappa shape index (κ2) is 8.31. The van der Waals surface area contributed by atoms with E-state index in [1.807, 2.05) is 29.2 Å². The van der Waals surface area contributed by atoms with E-state index in [0.29, 0.717) is 29.9 Å². The van der Waals surface area contributed by atoms with Crippen LogP contribution in [-0.4, -0.2) is 60.2 Å². The molecule has 0 bridgehead atoms. The van der Waals surface area contributed by atoms with Crippen LogP contribution in [0.25, 0.3) is 10.8 Å². The van der Waals surface area contributed by atoms with Crippen molar-refractivity contribution in [2.45, 2.75) is 38.1 Å². The number of hydrogen-bond donors (Lipinski definition) is 0. The number of amides is 3. The van der Waals surface area contributed by atoms with Gasteiger partial charge < -0.3 is 9.80 Å². The Labute approximate surface area is 205 Å². The molecule has 6 rings (SSSR count). The summed E-state index contributed by atoms with van der Waals surface area (Å²) < 4.78 is 0. The molecule has 3 aliphatic heterocycles. The maximum Gasteiger partial charge on any atom is 0.261 e. The van der Waals surface area contributed by atoms with Crippen molar-refractivity contribution in [2.24, 2.45) is 0 Å². The van der Waals surface area contributed by atoms with Crippen LogP contribution in [0, 0.1) is 6.92 Å². The number of piperidine rings is 1. The molecule has 6 nitrogen and oxygen atoms in total. The predicted octanol–water partition coefficient (Wildman–Crippen LogP) is 4.36. The van der Waals surface area contributed by atoms with Gasteiger partial charge in [0.2, 0.25) is 5.91 Å². The Balaban J connectivity index is 1.20. The van der Waals surface area contributed by atoms with Crippen molar-refractivity contribution in [3.8, 4) is 0 Å². The second-order valence-corrected chi connectivity index (χ2v) is 10.1. The summed E-state index contributed by atoms with van der Waals surface area (Å²) in [6.07, 6.45) is 1.70. The third kappa shape index (κ3) is 3.47. The van der Waals surface area contributed by atoms with Gasteiger partial charge in [-0.2, -0.15) is 0 Å². The topological polar surface area (TPSA) is 60.9 Å². The molecule has 3 aromatic carbocycles. The molecule has 1 fully saturated rings. The number of rotatable bonds is 4. The fraction of sp³-hybridized carbons (Fsp3) is 0.345. The number of anilines is 1. The molecule has 0 N–H and O–H groups in total. The van der Waals surface area contributed by atoms with Crippen LogP contribution in [0.3, 0.4) is 0 Å².